The average Bonchev–Trinajstić information content (AvgIpc) is 2.59. The summed E-state index contributed by atoms with van der Waals surface area (Å²) in [7, 11) is -3.36. The van der Waals surface area contributed by atoms with Gasteiger partial charge in [0.2, 0.25) is 10.0 Å². The van der Waals surface area contributed by atoms with Crippen LogP contribution in [0.15, 0.2) is 29.3 Å². The van der Waals surface area contributed by atoms with E-state index < -0.39 is 10.0 Å². The second kappa shape index (κ2) is 15.0. The van der Waals surface area contributed by atoms with Crippen LogP contribution >= 0.6 is 24.0 Å². The number of unbranched alkanes of at least 4 members (excludes halogenated alkanes) is 3. The maximum absolute atomic E-state index is 12.3. The lowest BCUT2D eigenvalue weighted by atomic mass is 10.1. The summed E-state index contributed by atoms with van der Waals surface area (Å²) in [4.78, 5) is 4.63. The molecule has 0 radical (unpaired) electrons. The standard InChI is InChI=1S/C20H36N4O2S.HI/c1-5-7-8-11-14-22-20(21-6-2)23-15-18-12-9-10-13-19(18)16-27(25,26)24-17(3)4;/h9-10,12-13,17,24H,5-8,11,14-16H2,1-4H3,(H2,21,22,23);1H. The van der Waals surface area contributed by atoms with Crippen LogP contribution in [0.1, 0.15) is 64.5 Å². The van der Waals surface area contributed by atoms with Crippen molar-refractivity contribution < 1.29 is 8.42 Å². The Balaban J connectivity index is 0.00000729. The summed E-state index contributed by atoms with van der Waals surface area (Å²) in [5.74, 6) is 0.740. The van der Waals surface area contributed by atoms with Crippen LogP contribution < -0.4 is 15.4 Å². The predicted octanol–water partition coefficient (Wildman–Crippen LogP) is 3.77. The van der Waals surface area contributed by atoms with E-state index in [-0.39, 0.29) is 35.8 Å². The Morgan fingerprint density at radius 3 is 2.32 bits per heavy atom. The third kappa shape index (κ3) is 11.9. The quantitative estimate of drug-likeness (QED) is 0.168. The molecule has 0 aliphatic rings. The fourth-order valence-corrected chi connectivity index (χ4v) is 4.22. The van der Waals surface area contributed by atoms with E-state index in [4.69, 9.17) is 0 Å². The van der Waals surface area contributed by atoms with Crippen molar-refractivity contribution in [1.82, 2.24) is 15.4 Å². The van der Waals surface area contributed by atoms with E-state index >= 15 is 0 Å². The summed E-state index contributed by atoms with van der Waals surface area (Å²) in [6.07, 6.45) is 4.81. The Morgan fingerprint density at radius 1 is 1.04 bits per heavy atom. The van der Waals surface area contributed by atoms with E-state index in [2.05, 4.69) is 27.3 Å². The molecule has 0 heterocycles. The van der Waals surface area contributed by atoms with E-state index in [1.54, 1.807) is 0 Å². The fraction of sp³-hybridized carbons (Fsp3) is 0.650. The molecule has 1 aromatic carbocycles. The molecule has 0 saturated heterocycles. The average molecular weight is 525 g/mol. The van der Waals surface area contributed by atoms with Crippen LogP contribution in [0.4, 0.5) is 0 Å². The van der Waals surface area contributed by atoms with Crippen LogP contribution in [0.25, 0.3) is 0 Å². The summed E-state index contributed by atoms with van der Waals surface area (Å²) in [6, 6.07) is 7.47. The molecule has 0 aliphatic heterocycles. The number of benzene rings is 1. The number of guanidine groups is 1. The molecule has 6 nitrogen and oxygen atoms in total. The lowest BCUT2D eigenvalue weighted by molar-refractivity contribution is 0.569. The highest BCUT2D eigenvalue weighted by Gasteiger charge is 2.15. The molecule has 0 amide bonds. The smallest absolute Gasteiger partial charge is 0.216 e. The van der Waals surface area contributed by atoms with E-state index in [1.807, 2.05) is 45.0 Å². The second-order valence-corrected chi connectivity index (χ2v) is 8.74. The largest absolute Gasteiger partial charge is 0.357 e. The van der Waals surface area contributed by atoms with E-state index in [0.29, 0.717) is 6.54 Å². The number of hydrogen-bond acceptors (Lipinski definition) is 3. The van der Waals surface area contributed by atoms with Gasteiger partial charge in [0.25, 0.3) is 0 Å². The molecule has 3 N–H and O–H groups in total. The van der Waals surface area contributed by atoms with Crippen LogP contribution in [0, 0.1) is 0 Å². The molecule has 1 rings (SSSR count). The van der Waals surface area contributed by atoms with E-state index in [1.165, 1.54) is 19.3 Å². The van der Waals surface area contributed by atoms with Crippen LogP contribution in [0.2, 0.25) is 0 Å². The number of hydrogen-bond donors (Lipinski definition) is 3. The summed E-state index contributed by atoms with van der Waals surface area (Å²) in [5.41, 5.74) is 1.71. The molecule has 1 aromatic rings. The molecular weight excluding hydrogens is 487 g/mol. The first-order valence-electron chi connectivity index (χ1n) is 9.97. The molecule has 0 bridgehead atoms. The molecule has 28 heavy (non-hydrogen) atoms. The lowest BCUT2D eigenvalue weighted by Gasteiger charge is -2.13. The van der Waals surface area contributed by atoms with Crippen molar-refractivity contribution in [3.05, 3.63) is 35.4 Å². The van der Waals surface area contributed by atoms with Crippen molar-refractivity contribution in [1.29, 1.82) is 0 Å². The molecule has 0 aliphatic carbocycles. The predicted molar refractivity (Wildman–Crippen MR) is 130 cm³/mol. The zero-order chi connectivity index (χ0) is 20.1. The van der Waals surface area contributed by atoms with Gasteiger partial charge in [-0.3, -0.25) is 0 Å². The van der Waals surface area contributed by atoms with E-state index in [0.717, 1.165) is 36.6 Å². The number of halogens is 1. The third-order valence-corrected chi connectivity index (χ3v) is 5.48. The molecule has 0 spiro atoms. The highest BCUT2D eigenvalue weighted by molar-refractivity contribution is 14.0. The highest BCUT2D eigenvalue weighted by Crippen LogP contribution is 2.13. The lowest BCUT2D eigenvalue weighted by Crippen LogP contribution is -2.37. The summed E-state index contributed by atoms with van der Waals surface area (Å²) >= 11 is 0. The zero-order valence-corrected chi connectivity index (χ0v) is 20.8. The molecule has 0 saturated carbocycles. The van der Waals surface area contributed by atoms with Crippen molar-refractivity contribution in [2.75, 3.05) is 13.1 Å². The van der Waals surface area contributed by atoms with Gasteiger partial charge in [-0.05, 0) is 38.3 Å². The van der Waals surface area contributed by atoms with Gasteiger partial charge >= 0.3 is 0 Å². The van der Waals surface area contributed by atoms with Gasteiger partial charge in [0.15, 0.2) is 5.96 Å². The fourth-order valence-electron chi connectivity index (χ4n) is 2.72. The van der Waals surface area contributed by atoms with Crippen molar-refractivity contribution in [2.45, 2.75) is 71.7 Å². The Labute approximate surface area is 188 Å². The van der Waals surface area contributed by atoms with Gasteiger partial charge < -0.3 is 10.6 Å². The maximum Gasteiger partial charge on any atom is 0.216 e. The Bertz CT molecular complexity index is 679. The normalized spacial score (nSPS) is 12.0. The van der Waals surface area contributed by atoms with Gasteiger partial charge in [0, 0.05) is 19.1 Å². The first-order valence-corrected chi connectivity index (χ1v) is 11.6. The Hall–Kier alpha value is -0.870. The molecule has 0 aromatic heterocycles. The summed E-state index contributed by atoms with van der Waals surface area (Å²) < 4.78 is 27.2. The molecule has 0 fully saturated rings. The minimum absolute atomic E-state index is 0. The third-order valence-electron chi connectivity index (χ3n) is 3.95. The first-order chi connectivity index (χ1) is 12.9. The van der Waals surface area contributed by atoms with Crippen LogP contribution in [0.5, 0.6) is 0 Å². The number of nitrogens with zero attached hydrogens (tertiary/aromatic N) is 1. The van der Waals surface area contributed by atoms with Crippen LogP contribution in [-0.2, 0) is 22.3 Å². The molecule has 162 valence electrons. The highest BCUT2D eigenvalue weighted by atomic mass is 127. The van der Waals surface area contributed by atoms with Crippen molar-refractivity contribution >= 4 is 40.0 Å². The number of rotatable bonds is 12. The first kappa shape index (κ1) is 27.1. The van der Waals surface area contributed by atoms with Gasteiger partial charge in [-0.15, -0.1) is 24.0 Å². The van der Waals surface area contributed by atoms with Gasteiger partial charge in [-0.2, -0.15) is 0 Å². The minimum Gasteiger partial charge on any atom is -0.357 e. The molecule has 8 heteroatoms. The Morgan fingerprint density at radius 2 is 1.71 bits per heavy atom. The molecule has 0 unspecified atom stereocenters. The van der Waals surface area contributed by atoms with Crippen LogP contribution in [0.3, 0.4) is 0 Å². The van der Waals surface area contributed by atoms with Crippen molar-refractivity contribution in [2.24, 2.45) is 4.99 Å². The number of nitrogens with one attached hydrogen (secondary N) is 3. The monoisotopic (exact) mass is 524 g/mol. The van der Waals surface area contributed by atoms with Gasteiger partial charge in [0.1, 0.15) is 0 Å². The SMILES string of the molecule is CCCCCCNC(=NCc1ccccc1CS(=O)(=O)NC(C)C)NCC.I. The van der Waals surface area contributed by atoms with Crippen LogP contribution in [-0.4, -0.2) is 33.5 Å². The summed E-state index contributed by atoms with van der Waals surface area (Å²) in [5, 5.41) is 6.60. The van der Waals surface area contributed by atoms with E-state index in [9.17, 15) is 8.42 Å². The second-order valence-electron chi connectivity index (χ2n) is 6.98. The molecular formula is C20H37IN4O2S. The Kier molecular flexibility index (Phi) is 14.6. The summed E-state index contributed by atoms with van der Waals surface area (Å²) in [6.45, 7) is 10.00. The van der Waals surface area contributed by atoms with Gasteiger partial charge in [-0.1, -0.05) is 50.5 Å². The van der Waals surface area contributed by atoms with Crippen molar-refractivity contribution in [3.8, 4) is 0 Å². The zero-order valence-electron chi connectivity index (χ0n) is 17.6. The minimum atomic E-state index is -3.36. The maximum atomic E-state index is 12.3. The number of sulfonamides is 1. The topological polar surface area (TPSA) is 82.6 Å². The van der Waals surface area contributed by atoms with Gasteiger partial charge in [-0.25, -0.2) is 18.1 Å². The number of aliphatic imine (C=N–C) groups is 1. The molecule has 0 atom stereocenters. The van der Waals surface area contributed by atoms with Crippen molar-refractivity contribution in [3.63, 3.8) is 0 Å². The van der Waals surface area contributed by atoms with Gasteiger partial charge in [0.05, 0.1) is 12.3 Å².